The van der Waals surface area contributed by atoms with Crippen molar-refractivity contribution in [2.45, 2.75) is 17.3 Å². The van der Waals surface area contributed by atoms with Gasteiger partial charge in [0.15, 0.2) is 5.76 Å². The molecule has 0 aliphatic carbocycles. The van der Waals surface area contributed by atoms with Crippen molar-refractivity contribution in [3.8, 4) is 0 Å². The summed E-state index contributed by atoms with van der Waals surface area (Å²) in [5.41, 5.74) is 0.657. The highest BCUT2D eigenvalue weighted by molar-refractivity contribution is 8.01. The van der Waals surface area contributed by atoms with Gasteiger partial charge in [0.25, 0.3) is 0 Å². The number of amides is 1. The Labute approximate surface area is 158 Å². The molecule has 136 valence electrons. The number of carbonyl (C=O) groups excluding carboxylic acids is 2. The Balaban J connectivity index is 1.56. The van der Waals surface area contributed by atoms with Gasteiger partial charge < -0.3 is 14.5 Å². The van der Waals surface area contributed by atoms with Gasteiger partial charge in [0.05, 0.1) is 23.4 Å². The van der Waals surface area contributed by atoms with Crippen LogP contribution in [0.25, 0.3) is 11.0 Å². The smallest absolute Gasteiger partial charge is 0.242 e. The molecule has 2 aliphatic rings. The lowest BCUT2D eigenvalue weighted by molar-refractivity contribution is -0.132. The number of rotatable bonds is 4. The van der Waals surface area contributed by atoms with Gasteiger partial charge in [-0.2, -0.15) is 0 Å². The molecule has 2 aromatic rings. The molecule has 0 bridgehead atoms. The summed E-state index contributed by atoms with van der Waals surface area (Å²) in [7, 11) is 0. The molecule has 1 unspecified atom stereocenters. The van der Waals surface area contributed by atoms with Crippen molar-refractivity contribution in [3.63, 3.8) is 0 Å². The Morgan fingerprint density at radius 2 is 2.23 bits per heavy atom. The first kappa shape index (κ1) is 17.4. The van der Waals surface area contributed by atoms with Gasteiger partial charge in [0, 0.05) is 17.0 Å². The van der Waals surface area contributed by atoms with E-state index >= 15 is 0 Å². The fourth-order valence-corrected chi connectivity index (χ4v) is 5.44. The number of thioether (sulfide) groups is 2. The number of para-hydroxylation sites is 1. The quantitative estimate of drug-likeness (QED) is 0.356. The van der Waals surface area contributed by atoms with E-state index in [0.717, 1.165) is 5.39 Å². The maximum atomic E-state index is 13.0. The maximum absolute atomic E-state index is 13.0. The molecule has 1 aromatic carbocycles. The molecular formula is C17H17N3O4S2. The van der Waals surface area contributed by atoms with E-state index in [2.05, 4.69) is 10.5 Å². The lowest BCUT2D eigenvalue weighted by Crippen LogP contribution is -2.51. The zero-order valence-electron chi connectivity index (χ0n) is 13.7. The van der Waals surface area contributed by atoms with Crippen LogP contribution in [0.5, 0.6) is 0 Å². The number of fused-ring (bicyclic) bond motifs is 1. The first-order valence-corrected chi connectivity index (χ1v) is 10.3. The highest BCUT2D eigenvalue weighted by Gasteiger charge is 2.43. The van der Waals surface area contributed by atoms with Crippen LogP contribution in [-0.4, -0.2) is 62.9 Å². The molecule has 7 nitrogen and oxygen atoms in total. The third-order valence-electron chi connectivity index (χ3n) is 4.50. The SMILES string of the molecule is O=C(c1cc2ccccc2o1)C1SCN[C@@H]1C(=O)N1CSC[C@H]1C=NO. The number of ketones is 1. The van der Waals surface area contributed by atoms with E-state index < -0.39 is 11.3 Å². The Morgan fingerprint density at radius 1 is 1.38 bits per heavy atom. The third-order valence-corrected chi connectivity index (χ3v) is 6.72. The molecular weight excluding hydrogens is 374 g/mol. The molecule has 0 radical (unpaired) electrons. The zero-order valence-corrected chi connectivity index (χ0v) is 15.3. The van der Waals surface area contributed by atoms with E-state index in [0.29, 0.717) is 23.1 Å². The monoisotopic (exact) mass is 391 g/mol. The minimum absolute atomic E-state index is 0.153. The fraction of sp³-hybridized carbons (Fsp3) is 0.353. The second-order valence-corrected chi connectivity index (χ2v) is 8.20. The van der Waals surface area contributed by atoms with Crippen molar-refractivity contribution in [1.82, 2.24) is 10.2 Å². The minimum atomic E-state index is -0.617. The zero-order chi connectivity index (χ0) is 18.1. The number of hydrogen-bond acceptors (Lipinski definition) is 8. The van der Waals surface area contributed by atoms with Gasteiger partial charge in [-0.15, -0.1) is 23.5 Å². The van der Waals surface area contributed by atoms with E-state index in [-0.39, 0.29) is 23.5 Å². The van der Waals surface area contributed by atoms with Gasteiger partial charge >= 0.3 is 0 Å². The molecule has 4 rings (SSSR count). The number of nitrogens with zero attached hydrogens (tertiary/aromatic N) is 2. The summed E-state index contributed by atoms with van der Waals surface area (Å²) in [6.07, 6.45) is 1.36. The summed E-state index contributed by atoms with van der Waals surface area (Å²) in [5, 5.41) is 15.3. The van der Waals surface area contributed by atoms with Crippen molar-refractivity contribution in [2.75, 3.05) is 17.5 Å². The summed E-state index contributed by atoms with van der Waals surface area (Å²) < 4.78 is 5.68. The lowest BCUT2D eigenvalue weighted by atomic mass is 10.1. The van der Waals surface area contributed by atoms with Gasteiger partial charge in [-0.05, 0) is 12.1 Å². The molecule has 2 fully saturated rings. The lowest BCUT2D eigenvalue weighted by Gasteiger charge is -2.25. The first-order chi connectivity index (χ1) is 12.7. The molecule has 3 heterocycles. The topological polar surface area (TPSA) is 95.1 Å². The number of furan rings is 1. The molecule has 2 aliphatic heterocycles. The summed E-state index contributed by atoms with van der Waals surface area (Å²) >= 11 is 3.00. The fourth-order valence-electron chi connectivity index (χ4n) is 3.18. The number of benzene rings is 1. The Hall–Kier alpha value is -1.97. The van der Waals surface area contributed by atoms with Crippen molar-refractivity contribution in [3.05, 3.63) is 36.1 Å². The summed E-state index contributed by atoms with van der Waals surface area (Å²) in [5.74, 6) is 1.65. The largest absolute Gasteiger partial charge is 0.453 e. The van der Waals surface area contributed by atoms with Crippen LogP contribution in [0.1, 0.15) is 10.6 Å². The first-order valence-electron chi connectivity index (χ1n) is 8.12. The van der Waals surface area contributed by atoms with Crippen LogP contribution in [0.2, 0.25) is 0 Å². The molecule has 0 spiro atoms. The van der Waals surface area contributed by atoms with Crippen LogP contribution >= 0.6 is 23.5 Å². The highest BCUT2D eigenvalue weighted by atomic mass is 32.2. The minimum Gasteiger partial charge on any atom is -0.453 e. The molecule has 2 saturated heterocycles. The van der Waals surface area contributed by atoms with Crippen molar-refractivity contribution in [1.29, 1.82) is 0 Å². The van der Waals surface area contributed by atoms with E-state index in [1.807, 2.05) is 24.3 Å². The number of oxime groups is 1. The van der Waals surface area contributed by atoms with Gasteiger partial charge in [0.1, 0.15) is 11.6 Å². The van der Waals surface area contributed by atoms with Gasteiger partial charge in [-0.25, -0.2) is 0 Å². The van der Waals surface area contributed by atoms with Crippen molar-refractivity contribution < 1.29 is 19.2 Å². The van der Waals surface area contributed by atoms with Crippen LogP contribution in [0.15, 0.2) is 39.9 Å². The Bertz CT molecular complexity index is 836. The average Bonchev–Trinajstić information content (AvgIpc) is 3.39. The predicted molar refractivity (Wildman–Crippen MR) is 102 cm³/mol. The highest BCUT2D eigenvalue weighted by Crippen LogP contribution is 2.30. The van der Waals surface area contributed by atoms with E-state index in [4.69, 9.17) is 9.62 Å². The number of carbonyl (C=O) groups is 2. The van der Waals surface area contributed by atoms with Gasteiger partial charge in [-0.1, -0.05) is 23.4 Å². The molecule has 3 atom stereocenters. The van der Waals surface area contributed by atoms with Gasteiger partial charge in [-0.3, -0.25) is 14.9 Å². The molecule has 0 saturated carbocycles. The predicted octanol–water partition coefficient (Wildman–Crippen LogP) is 2.01. The van der Waals surface area contributed by atoms with Gasteiger partial charge in [0.2, 0.25) is 11.7 Å². The number of Topliss-reactive ketones (excluding diaryl/α,β-unsaturated/α-hetero) is 1. The number of nitrogens with one attached hydrogen (secondary N) is 1. The summed E-state index contributed by atoms with van der Waals surface area (Å²) in [6.45, 7) is 0. The van der Waals surface area contributed by atoms with Crippen LogP contribution in [0.3, 0.4) is 0 Å². The summed E-state index contributed by atoms with van der Waals surface area (Å²) in [4.78, 5) is 27.6. The number of hydrogen-bond donors (Lipinski definition) is 2. The third kappa shape index (κ3) is 3.10. The van der Waals surface area contributed by atoms with Crippen molar-refractivity contribution >= 4 is 52.4 Å². The molecule has 26 heavy (non-hydrogen) atoms. The second kappa shape index (κ2) is 7.34. The standard InChI is InChI=1S/C17H17N3O4S2/c21-15(13-5-10-3-1-2-4-12(10)24-13)16-14(18-8-26-16)17(22)20-9-25-7-11(20)6-19-23/h1-6,11,14,16,18,23H,7-9H2/t11-,14+,16?/m1/s1. The van der Waals surface area contributed by atoms with E-state index in [1.54, 1.807) is 22.7 Å². The normalized spacial score (nSPS) is 26.2. The summed E-state index contributed by atoms with van der Waals surface area (Å²) in [6, 6.07) is 8.30. The van der Waals surface area contributed by atoms with E-state index in [9.17, 15) is 9.59 Å². The van der Waals surface area contributed by atoms with Crippen molar-refractivity contribution in [2.24, 2.45) is 5.16 Å². The molecule has 2 N–H and O–H groups in total. The van der Waals surface area contributed by atoms with Crippen LogP contribution in [0.4, 0.5) is 0 Å². The van der Waals surface area contributed by atoms with Crippen LogP contribution in [-0.2, 0) is 4.79 Å². The molecule has 1 aromatic heterocycles. The van der Waals surface area contributed by atoms with Crippen LogP contribution < -0.4 is 5.32 Å². The average molecular weight is 391 g/mol. The second-order valence-electron chi connectivity index (χ2n) is 6.07. The Morgan fingerprint density at radius 3 is 3.04 bits per heavy atom. The molecule has 9 heteroatoms. The maximum Gasteiger partial charge on any atom is 0.242 e. The van der Waals surface area contributed by atoms with E-state index in [1.165, 1.54) is 18.0 Å². The van der Waals surface area contributed by atoms with Crippen LogP contribution in [0, 0.1) is 0 Å². The Kier molecular flexibility index (Phi) is 4.92. The molecule has 1 amide bonds.